The quantitative estimate of drug-likeness (QED) is 0.838. The molecule has 0 heterocycles. The van der Waals surface area contributed by atoms with Gasteiger partial charge in [0.1, 0.15) is 5.88 Å². The Kier molecular flexibility index (Phi) is 4.97. The van der Waals surface area contributed by atoms with Gasteiger partial charge in [-0.3, -0.25) is 9.59 Å². The average Bonchev–Trinajstić information content (AvgIpc) is 2.31. The van der Waals surface area contributed by atoms with Crippen LogP contribution in [0.15, 0.2) is 24.3 Å². The molecule has 1 aromatic carbocycles. The van der Waals surface area contributed by atoms with Crippen molar-refractivity contribution in [2.75, 3.05) is 22.6 Å². The van der Waals surface area contributed by atoms with Crippen molar-refractivity contribution in [2.24, 2.45) is 0 Å². The molecule has 1 rings (SSSR count). The summed E-state index contributed by atoms with van der Waals surface area (Å²) in [6, 6.07) is 7.06. The van der Waals surface area contributed by atoms with Gasteiger partial charge in [0.2, 0.25) is 11.8 Å². The van der Waals surface area contributed by atoms with Crippen LogP contribution in [0.3, 0.4) is 0 Å². The van der Waals surface area contributed by atoms with E-state index in [2.05, 4.69) is 5.32 Å². The second-order valence-corrected chi connectivity index (χ2v) is 3.76. The third kappa shape index (κ3) is 3.75. The molecular weight excluding hydrogens is 240 g/mol. The number of nitrogens with one attached hydrogen (secondary N) is 1. The van der Waals surface area contributed by atoms with E-state index in [1.54, 1.807) is 29.2 Å². The number of rotatable bonds is 4. The Bertz CT molecular complexity index is 403. The van der Waals surface area contributed by atoms with Crippen LogP contribution in [0.2, 0.25) is 0 Å². The molecule has 1 aromatic rings. The standard InChI is InChI=1S/C12H15ClN2O2/c1-3-15(9(2)16)11-6-4-10(5-7-11)14-12(17)8-13/h4-7H,3,8H2,1-2H3,(H,14,17). The van der Waals surface area contributed by atoms with Crippen LogP contribution in [0.1, 0.15) is 13.8 Å². The molecule has 0 aromatic heterocycles. The van der Waals surface area contributed by atoms with Crippen molar-refractivity contribution in [3.05, 3.63) is 24.3 Å². The summed E-state index contributed by atoms with van der Waals surface area (Å²) in [6.45, 7) is 4.04. The SMILES string of the molecule is CCN(C(C)=O)c1ccc(NC(=O)CCl)cc1. The van der Waals surface area contributed by atoms with E-state index in [1.807, 2.05) is 6.92 Å². The fraction of sp³-hybridized carbons (Fsp3) is 0.333. The van der Waals surface area contributed by atoms with E-state index in [1.165, 1.54) is 6.92 Å². The number of hydrogen-bond donors (Lipinski definition) is 1. The molecule has 0 aliphatic heterocycles. The van der Waals surface area contributed by atoms with E-state index in [4.69, 9.17) is 11.6 Å². The van der Waals surface area contributed by atoms with Crippen LogP contribution in [0, 0.1) is 0 Å². The number of benzene rings is 1. The van der Waals surface area contributed by atoms with Gasteiger partial charge >= 0.3 is 0 Å². The number of halogens is 1. The number of carbonyl (C=O) groups is 2. The van der Waals surface area contributed by atoms with Gasteiger partial charge in [-0.15, -0.1) is 11.6 Å². The van der Waals surface area contributed by atoms with Crippen molar-refractivity contribution in [1.82, 2.24) is 0 Å². The largest absolute Gasteiger partial charge is 0.325 e. The van der Waals surface area contributed by atoms with Gasteiger partial charge in [-0.25, -0.2) is 0 Å². The Hall–Kier alpha value is -1.55. The van der Waals surface area contributed by atoms with Crippen molar-refractivity contribution >= 4 is 34.8 Å². The Labute approximate surface area is 106 Å². The van der Waals surface area contributed by atoms with Gasteiger partial charge in [-0.2, -0.15) is 0 Å². The highest BCUT2D eigenvalue weighted by molar-refractivity contribution is 6.29. The van der Waals surface area contributed by atoms with Crippen LogP contribution in [-0.2, 0) is 9.59 Å². The Morgan fingerprint density at radius 1 is 1.29 bits per heavy atom. The lowest BCUT2D eigenvalue weighted by molar-refractivity contribution is -0.116. The summed E-state index contributed by atoms with van der Waals surface area (Å²) >= 11 is 5.38. The van der Waals surface area contributed by atoms with Crippen LogP contribution >= 0.6 is 11.6 Å². The van der Waals surface area contributed by atoms with Crippen molar-refractivity contribution in [1.29, 1.82) is 0 Å². The summed E-state index contributed by atoms with van der Waals surface area (Å²) < 4.78 is 0. The lowest BCUT2D eigenvalue weighted by atomic mass is 10.2. The topological polar surface area (TPSA) is 49.4 Å². The van der Waals surface area contributed by atoms with E-state index < -0.39 is 0 Å². The summed E-state index contributed by atoms with van der Waals surface area (Å²) in [7, 11) is 0. The van der Waals surface area contributed by atoms with Crippen LogP contribution < -0.4 is 10.2 Å². The van der Waals surface area contributed by atoms with Crippen LogP contribution in [0.25, 0.3) is 0 Å². The first-order chi connectivity index (χ1) is 8.08. The Balaban J connectivity index is 2.80. The molecule has 0 unspecified atom stereocenters. The predicted molar refractivity (Wildman–Crippen MR) is 69.5 cm³/mol. The molecule has 5 heteroatoms. The fourth-order valence-corrected chi connectivity index (χ4v) is 1.57. The third-order valence-electron chi connectivity index (χ3n) is 2.28. The maximum atomic E-state index is 11.3. The molecule has 92 valence electrons. The van der Waals surface area contributed by atoms with Crippen LogP contribution in [0.5, 0.6) is 0 Å². The first-order valence-corrected chi connectivity index (χ1v) is 5.86. The second kappa shape index (κ2) is 6.25. The van der Waals surface area contributed by atoms with E-state index in [0.717, 1.165) is 5.69 Å². The van der Waals surface area contributed by atoms with E-state index in [0.29, 0.717) is 12.2 Å². The minimum atomic E-state index is -0.252. The van der Waals surface area contributed by atoms with Gasteiger partial charge in [0.15, 0.2) is 0 Å². The number of carbonyl (C=O) groups excluding carboxylic acids is 2. The lowest BCUT2D eigenvalue weighted by Gasteiger charge is -2.19. The molecule has 0 radical (unpaired) electrons. The molecule has 4 nitrogen and oxygen atoms in total. The first kappa shape index (κ1) is 13.5. The van der Waals surface area contributed by atoms with Crippen molar-refractivity contribution in [2.45, 2.75) is 13.8 Å². The molecule has 0 atom stereocenters. The number of amides is 2. The summed E-state index contributed by atoms with van der Waals surface area (Å²) in [5.74, 6) is -0.334. The van der Waals surface area contributed by atoms with Crippen LogP contribution in [-0.4, -0.2) is 24.2 Å². The summed E-state index contributed by atoms with van der Waals surface area (Å²) in [5, 5.41) is 2.63. The zero-order valence-electron chi connectivity index (χ0n) is 9.87. The first-order valence-electron chi connectivity index (χ1n) is 5.32. The smallest absolute Gasteiger partial charge is 0.239 e. The zero-order chi connectivity index (χ0) is 12.8. The molecule has 0 spiro atoms. The Morgan fingerprint density at radius 3 is 2.29 bits per heavy atom. The maximum absolute atomic E-state index is 11.3. The summed E-state index contributed by atoms with van der Waals surface area (Å²) in [6.07, 6.45) is 0. The van der Waals surface area contributed by atoms with E-state index in [9.17, 15) is 9.59 Å². The molecule has 0 saturated carbocycles. The highest BCUT2D eigenvalue weighted by Gasteiger charge is 2.08. The average molecular weight is 255 g/mol. The van der Waals surface area contributed by atoms with Crippen molar-refractivity contribution < 1.29 is 9.59 Å². The molecule has 0 fully saturated rings. The molecular formula is C12H15ClN2O2. The number of anilines is 2. The monoisotopic (exact) mass is 254 g/mol. The van der Waals surface area contributed by atoms with Crippen molar-refractivity contribution in [3.8, 4) is 0 Å². The van der Waals surface area contributed by atoms with Gasteiger partial charge in [0, 0.05) is 24.8 Å². The molecule has 0 aliphatic carbocycles. The van der Waals surface area contributed by atoms with Gasteiger partial charge in [0.25, 0.3) is 0 Å². The molecule has 1 N–H and O–H groups in total. The van der Waals surface area contributed by atoms with Gasteiger partial charge in [-0.05, 0) is 31.2 Å². The third-order valence-corrected chi connectivity index (χ3v) is 2.52. The normalized spacial score (nSPS) is 9.82. The maximum Gasteiger partial charge on any atom is 0.239 e. The van der Waals surface area contributed by atoms with E-state index in [-0.39, 0.29) is 17.7 Å². The number of hydrogen-bond acceptors (Lipinski definition) is 2. The molecule has 0 bridgehead atoms. The zero-order valence-corrected chi connectivity index (χ0v) is 10.6. The number of alkyl halides is 1. The molecule has 2 amide bonds. The highest BCUT2D eigenvalue weighted by Crippen LogP contribution is 2.18. The summed E-state index contributed by atoms with van der Waals surface area (Å²) in [4.78, 5) is 24.0. The van der Waals surface area contributed by atoms with E-state index >= 15 is 0 Å². The fourth-order valence-electron chi connectivity index (χ4n) is 1.51. The predicted octanol–water partition coefficient (Wildman–Crippen LogP) is 2.24. The molecule has 0 aliphatic rings. The molecule has 0 saturated heterocycles. The second-order valence-electron chi connectivity index (χ2n) is 3.49. The summed E-state index contributed by atoms with van der Waals surface area (Å²) in [5.41, 5.74) is 1.47. The van der Waals surface area contributed by atoms with Gasteiger partial charge in [0.05, 0.1) is 0 Å². The number of nitrogens with zero attached hydrogens (tertiary/aromatic N) is 1. The van der Waals surface area contributed by atoms with Crippen molar-refractivity contribution in [3.63, 3.8) is 0 Å². The Morgan fingerprint density at radius 2 is 1.88 bits per heavy atom. The molecule has 17 heavy (non-hydrogen) atoms. The minimum absolute atomic E-state index is 0.00922. The highest BCUT2D eigenvalue weighted by atomic mass is 35.5. The van der Waals surface area contributed by atoms with Gasteiger partial charge in [-0.1, -0.05) is 0 Å². The van der Waals surface area contributed by atoms with Crippen LogP contribution in [0.4, 0.5) is 11.4 Å². The lowest BCUT2D eigenvalue weighted by Crippen LogP contribution is -2.27. The van der Waals surface area contributed by atoms with Gasteiger partial charge < -0.3 is 10.2 Å². The minimum Gasteiger partial charge on any atom is -0.325 e.